The second-order valence-electron chi connectivity index (χ2n) is 7.67. The number of esters is 1. The second kappa shape index (κ2) is 11.8. The molecule has 0 atom stereocenters. The van der Waals surface area contributed by atoms with Crippen LogP contribution in [-0.4, -0.2) is 52.4 Å². The van der Waals surface area contributed by atoms with Gasteiger partial charge in [0.2, 0.25) is 5.95 Å². The molecular weight excluding hydrogens is 572 g/mol. The summed E-state index contributed by atoms with van der Waals surface area (Å²) in [5, 5.41) is 12.7. The number of ether oxygens (including phenoxy) is 2. The quantitative estimate of drug-likeness (QED) is 0.179. The van der Waals surface area contributed by atoms with Gasteiger partial charge < -0.3 is 29.6 Å². The topological polar surface area (TPSA) is 169 Å². The van der Waals surface area contributed by atoms with Gasteiger partial charge in [0.15, 0.2) is 11.4 Å². The number of nitrogens with zero attached hydrogens (tertiary/aromatic N) is 2. The number of aromatic nitrogens is 3. The summed E-state index contributed by atoms with van der Waals surface area (Å²) in [6.07, 6.45) is -8.52. The van der Waals surface area contributed by atoms with Gasteiger partial charge >= 0.3 is 30.0 Å². The number of nitrogens with one attached hydrogen (secondary N) is 3. The zero-order valence-electron chi connectivity index (χ0n) is 20.6. The van der Waals surface area contributed by atoms with Crippen LogP contribution in [-0.2, 0) is 15.7 Å². The van der Waals surface area contributed by atoms with Gasteiger partial charge in [-0.1, -0.05) is 0 Å². The molecule has 2 aromatic heterocycles. The molecule has 4 N–H and O–H groups in total. The predicted octanol–water partition coefficient (Wildman–Crippen LogP) is 4.85. The monoisotopic (exact) mass is 589 g/mol. The maximum atomic E-state index is 13.2. The summed E-state index contributed by atoms with van der Waals surface area (Å²) in [5.41, 5.74) is 0.211. The third kappa shape index (κ3) is 7.87. The van der Waals surface area contributed by atoms with Crippen molar-refractivity contribution < 1.29 is 54.9 Å². The first kappa shape index (κ1) is 30.3. The van der Waals surface area contributed by atoms with Crippen LogP contribution in [0.5, 0.6) is 5.75 Å². The fourth-order valence-electron chi connectivity index (χ4n) is 3.04. The number of anilines is 4. The minimum Gasteiger partial charge on any atom is -0.497 e. The van der Waals surface area contributed by atoms with E-state index in [9.17, 15) is 35.9 Å². The van der Waals surface area contributed by atoms with Crippen molar-refractivity contribution in [2.45, 2.75) is 12.4 Å². The molecule has 41 heavy (non-hydrogen) atoms. The van der Waals surface area contributed by atoms with Gasteiger partial charge in [-0.15, -0.1) is 0 Å². The van der Waals surface area contributed by atoms with Gasteiger partial charge in [0.1, 0.15) is 11.3 Å². The highest BCUT2D eigenvalue weighted by Crippen LogP contribution is 2.35. The summed E-state index contributed by atoms with van der Waals surface area (Å²) in [6.45, 7) is 0. The number of carboxylic acid groups (broad SMARTS) is 1. The smallest absolute Gasteiger partial charge is 0.490 e. The molecule has 0 spiro atoms. The number of carboxylic acids is 1. The van der Waals surface area contributed by atoms with Gasteiger partial charge in [-0.3, -0.25) is 4.98 Å². The summed E-state index contributed by atoms with van der Waals surface area (Å²) in [5.74, 6) is -4.25. The van der Waals surface area contributed by atoms with Crippen molar-refractivity contribution in [2.24, 2.45) is 0 Å². The maximum absolute atomic E-state index is 13.2. The van der Waals surface area contributed by atoms with Crippen molar-refractivity contribution >= 4 is 46.2 Å². The number of oxazole rings is 1. The first-order chi connectivity index (χ1) is 19.1. The molecule has 0 saturated carbocycles. The highest BCUT2D eigenvalue weighted by atomic mass is 19.4. The van der Waals surface area contributed by atoms with E-state index in [0.717, 1.165) is 18.3 Å². The summed E-state index contributed by atoms with van der Waals surface area (Å²) in [7, 11) is 2.42. The Kier molecular flexibility index (Phi) is 8.74. The molecule has 0 aliphatic heterocycles. The SMILES string of the molecule is COC(=O)c1cnc(Nc2cc(OC)cc(C(F)(F)F)c2)nc1Nc1ccc2oc(=O)[nH]c2c1.O=C(O)C(F)(F)F. The van der Waals surface area contributed by atoms with E-state index in [1.807, 2.05) is 0 Å². The van der Waals surface area contributed by atoms with Gasteiger partial charge in [0, 0.05) is 23.6 Å². The number of hydrogen-bond donors (Lipinski definition) is 4. The second-order valence-corrected chi connectivity index (χ2v) is 7.67. The molecule has 0 amide bonds. The molecule has 0 bridgehead atoms. The Morgan fingerprint density at radius 2 is 1.68 bits per heavy atom. The Labute approximate surface area is 223 Å². The molecule has 2 aromatic carbocycles. The van der Waals surface area contributed by atoms with E-state index in [1.165, 1.54) is 26.4 Å². The van der Waals surface area contributed by atoms with Crippen LogP contribution in [0.1, 0.15) is 15.9 Å². The average Bonchev–Trinajstić information content (AvgIpc) is 3.26. The first-order valence-corrected chi connectivity index (χ1v) is 10.8. The fourth-order valence-corrected chi connectivity index (χ4v) is 3.04. The minimum atomic E-state index is -5.08. The van der Waals surface area contributed by atoms with Gasteiger partial charge in [0.25, 0.3) is 0 Å². The summed E-state index contributed by atoms with van der Waals surface area (Å²) < 4.78 is 86.0. The van der Waals surface area contributed by atoms with Crippen LogP contribution < -0.4 is 21.1 Å². The van der Waals surface area contributed by atoms with Gasteiger partial charge in [-0.05, 0) is 30.3 Å². The van der Waals surface area contributed by atoms with Gasteiger partial charge in [-0.25, -0.2) is 19.4 Å². The lowest BCUT2D eigenvalue weighted by Crippen LogP contribution is -2.21. The number of fused-ring (bicyclic) bond motifs is 1. The van der Waals surface area contributed by atoms with E-state index in [1.54, 1.807) is 12.1 Å². The minimum absolute atomic E-state index is 0.00785. The number of aliphatic carboxylic acids is 1. The van der Waals surface area contributed by atoms with Crippen molar-refractivity contribution in [2.75, 3.05) is 24.9 Å². The predicted molar refractivity (Wildman–Crippen MR) is 128 cm³/mol. The molecular formula is C23H17F6N5O7. The van der Waals surface area contributed by atoms with Crippen LogP contribution >= 0.6 is 0 Å². The Balaban J connectivity index is 0.000000587. The standard InChI is InChI=1S/C21H16F3N5O5.C2HF3O2/c1-32-13-6-10(21(22,23)24)5-12(7-13)27-19-25-9-14(18(30)33-2)17(29-19)26-11-3-4-16-15(8-11)28-20(31)34-16;3-2(4,5)1(6)7/h3-9H,1-2H3,(H,28,31)(H2,25,26,27,29);(H,6,7). The largest absolute Gasteiger partial charge is 0.497 e. The summed E-state index contributed by atoms with van der Waals surface area (Å²) in [4.78, 5) is 43.2. The highest BCUT2D eigenvalue weighted by Gasteiger charge is 2.38. The molecule has 4 aromatic rings. The van der Waals surface area contributed by atoms with Crippen LogP contribution in [0.4, 0.5) is 49.5 Å². The van der Waals surface area contributed by atoms with E-state index < -0.39 is 35.6 Å². The first-order valence-electron chi connectivity index (χ1n) is 10.8. The third-order valence-electron chi connectivity index (χ3n) is 4.84. The zero-order chi connectivity index (χ0) is 30.5. The lowest BCUT2D eigenvalue weighted by atomic mass is 10.2. The van der Waals surface area contributed by atoms with Crippen molar-refractivity contribution in [1.82, 2.24) is 15.0 Å². The molecule has 4 rings (SSSR count). The van der Waals surface area contributed by atoms with E-state index in [4.69, 9.17) is 23.8 Å². The lowest BCUT2D eigenvalue weighted by Gasteiger charge is -2.14. The van der Waals surface area contributed by atoms with Crippen LogP contribution in [0.3, 0.4) is 0 Å². The molecule has 0 fully saturated rings. The van der Waals surface area contributed by atoms with Gasteiger partial charge in [-0.2, -0.15) is 31.3 Å². The summed E-state index contributed by atoms with van der Waals surface area (Å²) in [6, 6.07) is 7.72. The van der Waals surface area contributed by atoms with Crippen LogP contribution in [0, 0.1) is 0 Å². The normalized spacial score (nSPS) is 11.3. The Morgan fingerprint density at radius 1 is 1.00 bits per heavy atom. The molecule has 0 radical (unpaired) electrons. The number of aromatic amines is 1. The van der Waals surface area contributed by atoms with Crippen LogP contribution in [0.2, 0.25) is 0 Å². The molecule has 0 saturated heterocycles. The molecule has 2 heterocycles. The van der Waals surface area contributed by atoms with E-state index in [2.05, 4.69) is 25.6 Å². The number of H-pyrrole nitrogens is 1. The zero-order valence-corrected chi connectivity index (χ0v) is 20.6. The van der Waals surface area contributed by atoms with Crippen molar-refractivity contribution in [3.05, 3.63) is 64.3 Å². The molecule has 0 aliphatic carbocycles. The van der Waals surface area contributed by atoms with E-state index in [0.29, 0.717) is 16.8 Å². The Bertz CT molecular complexity index is 1630. The number of benzene rings is 2. The average molecular weight is 589 g/mol. The lowest BCUT2D eigenvalue weighted by molar-refractivity contribution is -0.192. The number of alkyl halides is 6. The van der Waals surface area contributed by atoms with Crippen molar-refractivity contribution in [1.29, 1.82) is 0 Å². The number of methoxy groups -OCH3 is 2. The third-order valence-corrected chi connectivity index (χ3v) is 4.84. The van der Waals surface area contributed by atoms with Crippen LogP contribution in [0.15, 0.2) is 51.8 Å². The number of halogens is 6. The van der Waals surface area contributed by atoms with Gasteiger partial charge in [0.05, 0.1) is 25.3 Å². The van der Waals surface area contributed by atoms with Crippen molar-refractivity contribution in [3.63, 3.8) is 0 Å². The molecule has 18 heteroatoms. The molecule has 12 nitrogen and oxygen atoms in total. The number of carbonyl (C=O) groups is 2. The molecule has 0 aliphatic rings. The van der Waals surface area contributed by atoms with E-state index >= 15 is 0 Å². The fraction of sp³-hybridized carbons (Fsp3) is 0.174. The number of carbonyl (C=O) groups excluding carboxylic acids is 1. The Hall–Kier alpha value is -5.29. The van der Waals surface area contributed by atoms with Crippen molar-refractivity contribution in [3.8, 4) is 5.75 Å². The Morgan fingerprint density at radius 3 is 2.27 bits per heavy atom. The molecule has 0 unspecified atom stereocenters. The highest BCUT2D eigenvalue weighted by molar-refractivity contribution is 5.95. The number of hydrogen-bond acceptors (Lipinski definition) is 10. The van der Waals surface area contributed by atoms with Crippen LogP contribution in [0.25, 0.3) is 11.1 Å². The maximum Gasteiger partial charge on any atom is 0.490 e. The summed E-state index contributed by atoms with van der Waals surface area (Å²) >= 11 is 0. The molecule has 218 valence electrons. The number of rotatable bonds is 6. The van der Waals surface area contributed by atoms with E-state index in [-0.39, 0.29) is 28.8 Å².